The zero-order chi connectivity index (χ0) is 26.9. The molecule has 3 rings (SSSR count). The number of hydrogen-bond acceptors (Lipinski definition) is 7. The zero-order valence-electron chi connectivity index (χ0n) is 21.0. The maximum Gasteiger partial charge on any atom is 0.328 e. The Hall–Kier alpha value is -4.02. The van der Waals surface area contributed by atoms with E-state index in [-0.39, 0.29) is 25.9 Å². The Morgan fingerprint density at radius 1 is 1.19 bits per heavy atom. The summed E-state index contributed by atoms with van der Waals surface area (Å²) in [6.07, 6.45) is 3.47. The first-order valence-corrected chi connectivity index (χ1v) is 12.4. The van der Waals surface area contributed by atoms with Crippen molar-refractivity contribution in [2.24, 2.45) is 0 Å². The number of likely N-dealkylation sites (tertiary alicyclic amines) is 1. The van der Waals surface area contributed by atoms with Gasteiger partial charge in [0.1, 0.15) is 18.1 Å². The third kappa shape index (κ3) is 7.02. The normalized spacial score (nSPS) is 16.6. The number of carbonyl (C=O) groups is 5. The first-order chi connectivity index (χ1) is 17.7. The predicted octanol–water partition coefficient (Wildman–Crippen LogP) is 1.25. The van der Waals surface area contributed by atoms with Crippen molar-refractivity contribution in [3.63, 3.8) is 0 Å². The van der Waals surface area contributed by atoms with E-state index in [0.717, 1.165) is 16.5 Å². The Morgan fingerprint density at radius 2 is 1.95 bits per heavy atom. The van der Waals surface area contributed by atoms with E-state index in [1.54, 1.807) is 13.1 Å². The summed E-state index contributed by atoms with van der Waals surface area (Å²) in [4.78, 5) is 67.5. The summed E-state index contributed by atoms with van der Waals surface area (Å²) in [6.45, 7) is 3.48. The van der Waals surface area contributed by atoms with Gasteiger partial charge in [0.15, 0.2) is 5.78 Å². The van der Waals surface area contributed by atoms with Crippen LogP contribution in [0.2, 0.25) is 0 Å². The average molecular weight is 512 g/mol. The van der Waals surface area contributed by atoms with Crippen molar-refractivity contribution in [3.05, 3.63) is 36.0 Å². The summed E-state index contributed by atoms with van der Waals surface area (Å²) in [5, 5.41) is 13.4. The van der Waals surface area contributed by atoms with Crippen molar-refractivity contribution in [2.45, 2.75) is 64.1 Å². The Labute approximate surface area is 214 Å². The summed E-state index contributed by atoms with van der Waals surface area (Å²) >= 11 is 0. The number of fused-ring (bicyclic) bond motifs is 1. The molecule has 0 radical (unpaired) electrons. The zero-order valence-corrected chi connectivity index (χ0v) is 21.0. The summed E-state index contributed by atoms with van der Waals surface area (Å²) < 4.78 is 5.10. The van der Waals surface area contributed by atoms with Gasteiger partial charge in [-0.3, -0.25) is 19.2 Å². The lowest BCUT2D eigenvalue weighted by Crippen LogP contribution is -2.56. The third-order valence-electron chi connectivity index (χ3n) is 6.34. The van der Waals surface area contributed by atoms with E-state index >= 15 is 0 Å². The number of para-hydroxylation sites is 1. The molecule has 0 spiro atoms. The van der Waals surface area contributed by atoms with Crippen LogP contribution in [0.15, 0.2) is 30.5 Å². The van der Waals surface area contributed by atoms with Crippen LogP contribution in [0.1, 0.15) is 45.1 Å². The van der Waals surface area contributed by atoms with Crippen LogP contribution >= 0.6 is 0 Å². The smallest absolute Gasteiger partial charge is 0.328 e. The highest BCUT2D eigenvalue weighted by Crippen LogP contribution is 2.22. The monoisotopic (exact) mass is 511 g/mol. The van der Waals surface area contributed by atoms with E-state index < -0.39 is 47.6 Å². The van der Waals surface area contributed by atoms with E-state index in [4.69, 9.17) is 10.1 Å². The number of nitrogens with one attached hydrogen (secondary N) is 4. The van der Waals surface area contributed by atoms with E-state index in [1.165, 1.54) is 11.8 Å². The van der Waals surface area contributed by atoms with Crippen LogP contribution in [-0.2, 0) is 35.1 Å². The van der Waals surface area contributed by atoms with Gasteiger partial charge in [-0.1, -0.05) is 18.2 Å². The molecule has 4 N–H and O–H groups in total. The van der Waals surface area contributed by atoms with Gasteiger partial charge in [0, 0.05) is 43.4 Å². The second kappa shape index (κ2) is 12.8. The average Bonchev–Trinajstić information content (AvgIpc) is 3.53. The number of H-pyrrole nitrogens is 1. The quantitative estimate of drug-likeness (QED) is 0.248. The number of hydrogen-bond donors (Lipinski definition) is 4. The first-order valence-electron chi connectivity index (χ1n) is 12.4. The van der Waals surface area contributed by atoms with Gasteiger partial charge >= 0.3 is 5.97 Å². The van der Waals surface area contributed by atoms with Gasteiger partial charge in [0.25, 0.3) is 0 Å². The molecule has 1 aromatic carbocycles. The minimum atomic E-state index is -1.12. The third-order valence-corrected chi connectivity index (χ3v) is 6.34. The lowest BCUT2D eigenvalue weighted by molar-refractivity contribution is -0.154. The van der Waals surface area contributed by atoms with Crippen molar-refractivity contribution in [3.8, 4) is 0 Å². The van der Waals surface area contributed by atoms with Gasteiger partial charge in [0.05, 0.1) is 12.8 Å². The number of ether oxygens (including phenoxy) is 1. The molecular weight excluding hydrogens is 478 g/mol. The number of esters is 1. The molecule has 2 heterocycles. The van der Waals surface area contributed by atoms with Gasteiger partial charge < -0.3 is 30.7 Å². The fourth-order valence-electron chi connectivity index (χ4n) is 4.58. The van der Waals surface area contributed by atoms with Gasteiger partial charge in [-0.25, -0.2) is 4.79 Å². The molecule has 11 heteroatoms. The number of aromatic amines is 1. The maximum atomic E-state index is 13.5. The Kier molecular flexibility index (Phi) is 9.53. The Bertz CT molecular complexity index is 1180. The molecule has 37 heavy (non-hydrogen) atoms. The molecule has 0 bridgehead atoms. The predicted molar refractivity (Wildman–Crippen MR) is 136 cm³/mol. The minimum Gasteiger partial charge on any atom is -0.464 e. The molecule has 11 nitrogen and oxygen atoms in total. The lowest BCUT2D eigenvalue weighted by atomic mass is 10.0. The molecule has 2 aromatic rings. The minimum absolute atomic E-state index is 0.0509. The van der Waals surface area contributed by atoms with E-state index in [1.807, 2.05) is 24.3 Å². The number of amides is 3. The van der Waals surface area contributed by atoms with Crippen LogP contribution in [0.4, 0.5) is 0 Å². The fourth-order valence-corrected chi connectivity index (χ4v) is 4.58. The van der Waals surface area contributed by atoms with Gasteiger partial charge in [-0.05, 0) is 37.8 Å². The summed E-state index contributed by atoms with van der Waals surface area (Å²) in [5.74, 6) is -2.51. The first kappa shape index (κ1) is 27.6. The van der Waals surface area contributed by atoms with Crippen LogP contribution in [0.3, 0.4) is 0 Å². The highest BCUT2D eigenvalue weighted by atomic mass is 16.5. The molecule has 1 unspecified atom stereocenters. The number of aromatic nitrogens is 1. The van der Waals surface area contributed by atoms with Gasteiger partial charge in [0.2, 0.25) is 17.7 Å². The second-order valence-corrected chi connectivity index (χ2v) is 8.97. The summed E-state index contributed by atoms with van der Waals surface area (Å²) in [5.41, 5.74) is 1.70. The van der Waals surface area contributed by atoms with Crippen molar-refractivity contribution < 1.29 is 28.7 Å². The van der Waals surface area contributed by atoms with Crippen LogP contribution in [0.5, 0.6) is 0 Å². The number of nitrogens with zero attached hydrogens (tertiary/aromatic N) is 1. The number of ketones is 1. The van der Waals surface area contributed by atoms with Gasteiger partial charge in [-0.15, -0.1) is 0 Å². The van der Waals surface area contributed by atoms with E-state index in [9.17, 15) is 24.0 Å². The number of Topliss-reactive ketones (excluding diaryl/α,β-unsaturated/α-hetero) is 1. The fraction of sp³-hybridized carbons (Fsp3) is 0.462. The Morgan fingerprint density at radius 3 is 2.65 bits per heavy atom. The van der Waals surface area contributed by atoms with Crippen molar-refractivity contribution in [1.82, 2.24) is 20.5 Å². The number of benzene rings is 1. The van der Waals surface area contributed by atoms with Crippen LogP contribution in [0.25, 0.3) is 10.9 Å². The van der Waals surface area contributed by atoms with Crippen molar-refractivity contribution >= 4 is 46.6 Å². The molecular formula is C26H33N5O6. The van der Waals surface area contributed by atoms with Gasteiger partial charge in [-0.2, -0.15) is 0 Å². The number of carbonyl (C=O) groups excluding carboxylic acids is 5. The van der Waals surface area contributed by atoms with Crippen molar-refractivity contribution in [1.29, 1.82) is 5.41 Å². The summed E-state index contributed by atoms with van der Waals surface area (Å²) in [7, 11) is 0. The standard InChI is InChI=1S/C26H33N5O6/c1-3-37-26(36)23-9-6-12-31(23)25(35)21(11-10-18(33)14-27)30-24(34)22(29-16(2)32)13-17-15-28-20-8-5-4-7-19(17)20/h4-5,7-8,14-15,21-23,27-28H,3,6,9-13H2,1-2H3,(H,29,32)(H,30,34)/t21-,22-,23?/m0/s1. The molecule has 3 atom stereocenters. The van der Waals surface area contributed by atoms with Crippen molar-refractivity contribution in [2.75, 3.05) is 13.2 Å². The molecule has 1 aliphatic rings. The van der Waals surface area contributed by atoms with Crippen LogP contribution in [0, 0.1) is 5.41 Å². The Balaban J connectivity index is 1.81. The molecule has 198 valence electrons. The molecule has 1 saturated heterocycles. The number of rotatable bonds is 12. The van der Waals surface area contributed by atoms with Crippen LogP contribution in [-0.4, -0.2) is 76.8 Å². The summed E-state index contributed by atoms with van der Waals surface area (Å²) in [6, 6.07) is 4.70. The molecule has 1 aliphatic heterocycles. The highest BCUT2D eigenvalue weighted by Gasteiger charge is 2.39. The molecule has 0 saturated carbocycles. The molecule has 1 aromatic heterocycles. The molecule has 0 aliphatic carbocycles. The van der Waals surface area contributed by atoms with Crippen LogP contribution < -0.4 is 10.6 Å². The lowest BCUT2D eigenvalue weighted by Gasteiger charge is -2.29. The van der Waals surface area contributed by atoms with E-state index in [2.05, 4.69) is 15.6 Å². The van der Waals surface area contributed by atoms with E-state index in [0.29, 0.717) is 25.6 Å². The highest BCUT2D eigenvalue weighted by molar-refractivity contribution is 6.26. The molecule has 3 amide bonds. The maximum absolute atomic E-state index is 13.5. The molecule has 1 fully saturated rings. The SMILES string of the molecule is CCOC(=O)C1CCCN1C(=O)[C@H](CCC(=O)C=N)NC(=O)[C@H](Cc1c[nH]c2ccccc12)NC(C)=O. The topological polar surface area (TPSA) is 162 Å². The largest absolute Gasteiger partial charge is 0.464 e. The second-order valence-electron chi connectivity index (χ2n) is 8.97.